The van der Waals surface area contributed by atoms with Gasteiger partial charge in [0.2, 0.25) is 5.91 Å². The Balaban J connectivity index is 1.63. The van der Waals surface area contributed by atoms with Gasteiger partial charge in [0.05, 0.1) is 31.6 Å². The van der Waals surface area contributed by atoms with Gasteiger partial charge in [-0.25, -0.2) is 0 Å². The van der Waals surface area contributed by atoms with Crippen molar-refractivity contribution in [2.45, 2.75) is 39.8 Å². The van der Waals surface area contributed by atoms with Crippen LogP contribution < -0.4 is 25.0 Å². The van der Waals surface area contributed by atoms with Crippen LogP contribution in [0.4, 0.5) is 11.4 Å². The van der Waals surface area contributed by atoms with Gasteiger partial charge in [0.25, 0.3) is 0 Å². The number of ether oxygens (including phenoxy) is 2. The number of nitrogens with zero attached hydrogens (tertiary/aromatic N) is 3. The van der Waals surface area contributed by atoms with Gasteiger partial charge in [-0.2, -0.15) is 0 Å². The van der Waals surface area contributed by atoms with Crippen molar-refractivity contribution >= 4 is 34.6 Å². The lowest BCUT2D eigenvalue weighted by molar-refractivity contribution is -0.123. The average Bonchev–Trinajstić information content (AvgIpc) is 3.52. The van der Waals surface area contributed by atoms with Crippen molar-refractivity contribution in [1.82, 2.24) is 14.9 Å². The smallest absolute Gasteiger partial charge is 0.229 e. The molecule has 1 amide bonds. The van der Waals surface area contributed by atoms with Crippen molar-refractivity contribution < 1.29 is 14.3 Å². The molecule has 2 aromatic carbocycles. The van der Waals surface area contributed by atoms with Crippen LogP contribution in [0.5, 0.6) is 11.5 Å². The Bertz CT molecular complexity index is 1560. The minimum atomic E-state index is -0.546. The summed E-state index contributed by atoms with van der Waals surface area (Å²) in [5, 5.41) is 7.09. The first-order valence-electron chi connectivity index (χ1n) is 13.4. The second kappa shape index (κ2) is 11.2. The van der Waals surface area contributed by atoms with E-state index in [0.717, 1.165) is 34.2 Å². The van der Waals surface area contributed by atoms with Gasteiger partial charge in [-0.15, -0.1) is 0 Å². The standard InChI is InChI=1S/C32H35N5O3S/c1-20-10-17-26(36(20)21-11-14-23(39-5)15-12-21)29-28(25-9-7-8-18-33-25)35-31(41)37(29)22-13-16-24(27(19-22)40-6)34-30(38)32(2,3)4/h7-19,28-29H,1-6H3,(H,34,38)(H,35,41). The number of anilines is 2. The van der Waals surface area contributed by atoms with Gasteiger partial charge in [0.1, 0.15) is 17.5 Å². The Morgan fingerprint density at radius 3 is 2.34 bits per heavy atom. The summed E-state index contributed by atoms with van der Waals surface area (Å²) >= 11 is 5.96. The quantitative estimate of drug-likeness (QED) is 0.251. The van der Waals surface area contributed by atoms with Crippen molar-refractivity contribution in [3.63, 3.8) is 0 Å². The van der Waals surface area contributed by atoms with E-state index < -0.39 is 5.41 Å². The van der Waals surface area contributed by atoms with Crippen molar-refractivity contribution in [3.05, 3.63) is 96.1 Å². The highest BCUT2D eigenvalue weighted by molar-refractivity contribution is 7.80. The summed E-state index contributed by atoms with van der Waals surface area (Å²) in [4.78, 5) is 19.5. The van der Waals surface area contributed by atoms with Crippen LogP contribution in [-0.4, -0.2) is 34.8 Å². The number of nitrogens with one attached hydrogen (secondary N) is 2. The maximum atomic E-state index is 12.7. The lowest BCUT2D eigenvalue weighted by Crippen LogP contribution is -2.30. The van der Waals surface area contributed by atoms with Gasteiger partial charge in [0.15, 0.2) is 5.11 Å². The third-order valence-electron chi connectivity index (χ3n) is 7.23. The number of methoxy groups -OCH3 is 2. The predicted octanol–water partition coefficient (Wildman–Crippen LogP) is 6.36. The van der Waals surface area contributed by atoms with E-state index in [-0.39, 0.29) is 18.0 Å². The van der Waals surface area contributed by atoms with Crippen LogP contribution in [-0.2, 0) is 4.79 Å². The van der Waals surface area contributed by atoms with Gasteiger partial charge in [-0.05, 0) is 79.8 Å². The molecule has 0 bridgehead atoms. The fraction of sp³-hybridized carbons (Fsp3) is 0.281. The summed E-state index contributed by atoms with van der Waals surface area (Å²) in [5.41, 5.74) is 4.90. The highest BCUT2D eigenvalue weighted by Crippen LogP contribution is 2.44. The molecule has 2 N–H and O–H groups in total. The number of hydrogen-bond donors (Lipinski definition) is 2. The summed E-state index contributed by atoms with van der Waals surface area (Å²) in [6, 6.07) is 23.4. The minimum Gasteiger partial charge on any atom is -0.497 e. The molecule has 0 saturated carbocycles. The molecule has 3 heterocycles. The summed E-state index contributed by atoms with van der Waals surface area (Å²) in [6.45, 7) is 7.71. The maximum absolute atomic E-state index is 12.7. The van der Waals surface area contributed by atoms with E-state index in [9.17, 15) is 4.79 Å². The normalized spacial score (nSPS) is 16.8. The molecule has 0 radical (unpaired) electrons. The minimum absolute atomic E-state index is 0.0946. The van der Waals surface area contributed by atoms with Gasteiger partial charge in [0, 0.05) is 40.4 Å². The van der Waals surface area contributed by atoms with Crippen LogP contribution in [0, 0.1) is 12.3 Å². The first-order valence-corrected chi connectivity index (χ1v) is 13.9. The second-order valence-corrected chi connectivity index (χ2v) is 11.4. The molecule has 41 heavy (non-hydrogen) atoms. The Morgan fingerprint density at radius 1 is 0.976 bits per heavy atom. The van der Waals surface area contributed by atoms with Crippen LogP contribution in [0.2, 0.25) is 0 Å². The number of aryl methyl sites for hydroxylation is 1. The molecule has 2 atom stereocenters. The number of hydrogen-bond acceptors (Lipinski definition) is 5. The van der Waals surface area contributed by atoms with Crippen LogP contribution >= 0.6 is 12.2 Å². The van der Waals surface area contributed by atoms with Crippen LogP contribution in [0.25, 0.3) is 5.69 Å². The van der Waals surface area contributed by atoms with Crippen LogP contribution in [0.3, 0.4) is 0 Å². The Labute approximate surface area is 246 Å². The maximum Gasteiger partial charge on any atom is 0.229 e. The highest BCUT2D eigenvalue weighted by atomic mass is 32.1. The van der Waals surface area contributed by atoms with E-state index in [0.29, 0.717) is 16.5 Å². The number of benzene rings is 2. The number of thiocarbonyl (C=S) groups is 1. The Hall–Kier alpha value is -4.37. The molecular formula is C32H35N5O3S. The molecule has 1 aliphatic heterocycles. The molecule has 9 heteroatoms. The molecular weight excluding hydrogens is 534 g/mol. The van der Waals surface area contributed by atoms with Crippen molar-refractivity contribution in [1.29, 1.82) is 0 Å². The molecule has 2 unspecified atom stereocenters. The lowest BCUT2D eigenvalue weighted by atomic mass is 9.95. The summed E-state index contributed by atoms with van der Waals surface area (Å²) < 4.78 is 13.4. The van der Waals surface area contributed by atoms with E-state index in [1.807, 2.05) is 81.4 Å². The predicted molar refractivity (Wildman–Crippen MR) is 166 cm³/mol. The largest absolute Gasteiger partial charge is 0.497 e. The van der Waals surface area contributed by atoms with E-state index in [1.165, 1.54) is 0 Å². The number of carbonyl (C=O) groups is 1. The monoisotopic (exact) mass is 569 g/mol. The molecule has 1 saturated heterocycles. The zero-order valence-electron chi connectivity index (χ0n) is 24.1. The molecule has 2 aromatic heterocycles. The SMILES string of the molecule is COc1ccc(-n2c(C)ccc2C2C(c3ccccn3)NC(=S)N2c2ccc(NC(=O)C(C)(C)C)c(OC)c2)cc1. The molecule has 1 fully saturated rings. The van der Waals surface area contributed by atoms with E-state index in [2.05, 4.69) is 44.1 Å². The van der Waals surface area contributed by atoms with Crippen molar-refractivity contribution in [2.24, 2.45) is 5.41 Å². The number of aromatic nitrogens is 2. The average molecular weight is 570 g/mol. The number of carbonyl (C=O) groups excluding carboxylic acids is 1. The lowest BCUT2D eigenvalue weighted by Gasteiger charge is -2.30. The molecule has 0 aliphatic carbocycles. The van der Waals surface area contributed by atoms with E-state index in [4.69, 9.17) is 21.7 Å². The third-order valence-corrected chi connectivity index (χ3v) is 7.55. The molecule has 1 aliphatic rings. The van der Waals surface area contributed by atoms with E-state index >= 15 is 0 Å². The fourth-order valence-electron chi connectivity index (χ4n) is 5.05. The highest BCUT2D eigenvalue weighted by Gasteiger charge is 2.42. The van der Waals surface area contributed by atoms with E-state index in [1.54, 1.807) is 20.4 Å². The Kier molecular flexibility index (Phi) is 7.73. The van der Waals surface area contributed by atoms with Gasteiger partial charge >= 0.3 is 0 Å². The second-order valence-electron chi connectivity index (χ2n) is 11.0. The van der Waals surface area contributed by atoms with Crippen molar-refractivity contribution in [3.8, 4) is 17.2 Å². The number of rotatable bonds is 7. The first kappa shape index (κ1) is 28.2. The molecule has 212 valence electrons. The molecule has 5 rings (SSSR count). The van der Waals surface area contributed by atoms with Gasteiger partial charge in [-0.1, -0.05) is 26.8 Å². The van der Waals surface area contributed by atoms with Crippen LogP contribution in [0.1, 0.15) is 49.9 Å². The Morgan fingerprint density at radius 2 is 1.71 bits per heavy atom. The summed E-state index contributed by atoms with van der Waals surface area (Å²) in [6.07, 6.45) is 1.79. The number of pyridine rings is 1. The molecule has 8 nitrogen and oxygen atoms in total. The zero-order chi connectivity index (χ0) is 29.3. The van der Waals surface area contributed by atoms with Gasteiger partial charge in [-0.3, -0.25) is 9.78 Å². The summed E-state index contributed by atoms with van der Waals surface area (Å²) in [7, 11) is 3.26. The van der Waals surface area contributed by atoms with Crippen molar-refractivity contribution in [2.75, 3.05) is 24.4 Å². The topological polar surface area (TPSA) is 80.7 Å². The molecule has 4 aromatic rings. The third kappa shape index (κ3) is 5.50. The fourth-order valence-corrected chi connectivity index (χ4v) is 5.40. The van der Waals surface area contributed by atoms with Crippen LogP contribution in [0.15, 0.2) is 79.0 Å². The van der Waals surface area contributed by atoms with Gasteiger partial charge < -0.3 is 29.6 Å². The number of amides is 1. The molecule has 0 spiro atoms. The first-order chi connectivity index (χ1) is 19.6. The zero-order valence-corrected chi connectivity index (χ0v) is 25.0. The summed E-state index contributed by atoms with van der Waals surface area (Å²) in [5.74, 6) is 1.25.